The number of rotatable bonds is 0. The quantitative estimate of drug-likeness (QED) is 0.543. The summed E-state index contributed by atoms with van der Waals surface area (Å²) in [6.45, 7) is 0. The van der Waals surface area contributed by atoms with Crippen molar-refractivity contribution in [3.05, 3.63) is 74.3 Å². The molecule has 0 saturated heterocycles. The van der Waals surface area contributed by atoms with E-state index in [1.807, 2.05) is 24.3 Å². The molecular formula is C20H16Cl2O. The number of fused-ring (bicyclic) bond motifs is 2. The molecule has 4 rings (SSSR count). The zero-order chi connectivity index (χ0) is 16.0. The third-order valence-corrected chi connectivity index (χ3v) is 5.34. The van der Waals surface area contributed by atoms with Crippen LogP contribution in [0.15, 0.2) is 42.0 Å². The van der Waals surface area contributed by atoms with Crippen LogP contribution in [0.25, 0.3) is 5.57 Å². The van der Waals surface area contributed by atoms with Crippen molar-refractivity contribution in [3.8, 4) is 0 Å². The smallest absolute Gasteiger partial charge is 0.189 e. The number of hydrogen-bond donors (Lipinski definition) is 0. The highest BCUT2D eigenvalue weighted by molar-refractivity contribution is 6.31. The van der Waals surface area contributed by atoms with Gasteiger partial charge in [-0.05, 0) is 78.6 Å². The maximum atomic E-state index is 13.0. The highest BCUT2D eigenvalue weighted by Gasteiger charge is 2.27. The molecule has 2 aromatic carbocycles. The van der Waals surface area contributed by atoms with Crippen molar-refractivity contribution in [2.45, 2.75) is 32.1 Å². The fourth-order valence-electron chi connectivity index (χ4n) is 3.75. The van der Waals surface area contributed by atoms with Gasteiger partial charge in [-0.15, -0.1) is 0 Å². The van der Waals surface area contributed by atoms with E-state index in [0.29, 0.717) is 5.02 Å². The summed E-state index contributed by atoms with van der Waals surface area (Å²) < 4.78 is 0. The van der Waals surface area contributed by atoms with Crippen LogP contribution in [-0.4, -0.2) is 5.78 Å². The molecule has 0 bridgehead atoms. The summed E-state index contributed by atoms with van der Waals surface area (Å²) in [5, 5.41) is 1.35. The van der Waals surface area contributed by atoms with Gasteiger partial charge in [0.05, 0.1) is 0 Å². The van der Waals surface area contributed by atoms with E-state index in [2.05, 4.69) is 6.07 Å². The minimum Gasteiger partial charge on any atom is -0.289 e. The monoisotopic (exact) mass is 342 g/mol. The molecule has 0 heterocycles. The zero-order valence-corrected chi connectivity index (χ0v) is 14.2. The van der Waals surface area contributed by atoms with Gasteiger partial charge in [0.2, 0.25) is 0 Å². The van der Waals surface area contributed by atoms with Gasteiger partial charge in [-0.1, -0.05) is 35.3 Å². The molecular weight excluding hydrogens is 327 g/mol. The van der Waals surface area contributed by atoms with Crippen molar-refractivity contribution >= 4 is 34.6 Å². The average molecular weight is 343 g/mol. The Bertz CT molecular complexity index is 849. The van der Waals surface area contributed by atoms with Gasteiger partial charge >= 0.3 is 0 Å². The van der Waals surface area contributed by atoms with E-state index in [1.54, 1.807) is 6.07 Å². The molecule has 0 atom stereocenters. The van der Waals surface area contributed by atoms with Gasteiger partial charge in [-0.3, -0.25) is 4.79 Å². The summed E-state index contributed by atoms with van der Waals surface area (Å²) in [5.74, 6) is 0.136. The fraction of sp³-hybridized carbons (Fsp3) is 0.250. The molecule has 3 heteroatoms. The van der Waals surface area contributed by atoms with Crippen LogP contribution in [0.2, 0.25) is 10.0 Å². The number of carbonyl (C=O) groups excluding carboxylic acids is 1. The molecule has 0 saturated carbocycles. The van der Waals surface area contributed by atoms with Crippen LogP contribution in [0.1, 0.15) is 46.3 Å². The summed E-state index contributed by atoms with van der Waals surface area (Å²) in [6, 6.07) is 11.7. The third-order valence-electron chi connectivity index (χ3n) is 4.87. The van der Waals surface area contributed by atoms with Crippen LogP contribution in [0.4, 0.5) is 0 Å². The number of carbonyl (C=O) groups is 1. The van der Waals surface area contributed by atoms with Crippen LogP contribution >= 0.6 is 23.2 Å². The summed E-state index contributed by atoms with van der Waals surface area (Å²) >= 11 is 12.3. The molecule has 0 aliphatic heterocycles. The number of benzene rings is 2. The van der Waals surface area contributed by atoms with Gasteiger partial charge < -0.3 is 0 Å². The van der Waals surface area contributed by atoms with Gasteiger partial charge in [-0.2, -0.15) is 0 Å². The average Bonchev–Trinajstić information content (AvgIpc) is 2.55. The molecule has 23 heavy (non-hydrogen) atoms. The number of allylic oxidation sites excluding steroid dienone is 2. The highest BCUT2D eigenvalue weighted by Crippen LogP contribution is 2.39. The minimum absolute atomic E-state index is 0.136. The summed E-state index contributed by atoms with van der Waals surface area (Å²) in [4.78, 5) is 13.0. The Kier molecular flexibility index (Phi) is 3.79. The predicted molar refractivity (Wildman–Crippen MR) is 95.4 cm³/mol. The molecule has 0 N–H and O–H groups in total. The molecule has 1 nitrogen and oxygen atoms in total. The number of halogens is 2. The first-order valence-electron chi connectivity index (χ1n) is 7.97. The summed E-state index contributed by atoms with van der Waals surface area (Å²) in [5.41, 5.74) is 6.46. The van der Waals surface area contributed by atoms with Gasteiger partial charge in [-0.25, -0.2) is 0 Å². The lowest BCUT2D eigenvalue weighted by molar-refractivity contribution is 0.102. The Hall–Kier alpha value is -1.57. The molecule has 0 fully saturated rings. The molecule has 0 aromatic heterocycles. The second-order valence-corrected chi connectivity index (χ2v) is 7.12. The van der Waals surface area contributed by atoms with Crippen LogP contribution in [0.5, 0.6) is 0 Å². The Morgan fingerprint density at radius 1 is 0.696 bits per heavy atom. The van der Waals surface area contributed by atoms with E-state index in [0.717, 1.165) is 59.4 Å². The standard InChI is InChI=1S/C20H16Cl2O/c21-14-7-4-12-2-1-3-16(18(12)10-14)17-9-6-13-5-8-15(22)11-19(13)20(17)23/h4-5,7-8,10-11H,1-3,6,9H2. The Morgan fingerprint density at radius 2 is 1.35 bits per heavy atom. The van der Waals surface area contributed by atoms with E-state index in [1.165, 1.54) is 11.1 Å². The zero-order valence-electron chi connectivity index (χ0n) is 12.7. The number of hydrogen-bond acceptors (Lipinski definition) is 1. The lowest BCUT2D eigenvalue weighted by Crippen LogP contribution is -2.17. The lowest BCUT2D eigenvalue weighted by Gasteiger charge is -2.25. The largest absolute Gasteiger partial charge is 0.289 e. The van der Waals surface area contributed by atoms with E-state index in [4.69, 9.17) is 23.2 Å². The molecule has 0 spiro atoms. The predicted octanol–water partition coefficient (Wildman–Crippen LogP) is 5.91. The SMILES string of the molecule is O=C1C(=C2CCCc3ccc(Cl)cc32)CCc2ccc(Cl)cc21. The molecule has 2 aliphatic carbocycles. The number of aryl methyl sites for hydroxylation is 2. The third kappa shape index (κ3) is 2.62. The lowest BCUT2D eigenvalue weighted by atomic mass is 9.78. The van der Waals surface area contributed by atoms with Crippen LogP contribution in [-0.2, 0) is 12.8 Å². The van der Waals surface area contributed by atoms with Crippen LogP contribution in [0.3, 0.4) is 0 Å². The van der Waals surface area contributed by atoms with E-state index < -0.39 is 0 Å². The van der Waals surface area contributed by atoms with Gasteiger partial charge in [0.25, 0.3) is 0 Å². The maximum absolute atomic E-state index is 13.0. The van der Waals surface area contributed by atoms with Crippen molar-refractivity contribution < 1.29 is 4.79 Å². The Labute approximate surface area is 145 Å². The first kappa shape index (κ1) is 15.0. The summed E-state index contributed by atoms with van der Waals surface area (Å²) in [6.07, 6.45) is 4.79. The highest BCUT2D eigenvalue weighted by atomic mass is 35.5. The normalized spacial score (nSPS) is 20.2. The second kappa shape index (κ2) is 5.81. The molecule has 2 aliphatic rings. The molecule has 0 amide bonds. The number of ketones is 1. The fourth-order valence-corrected chi connectivity index (χ4v) is 4.10. The molecule has 0 unspecified atom stereocenters. The Morgan fingerprint density at radius 3 is 2.09 bits per heavy atom. The molecule has 2 aromatic rings. The van der Waals surface area contributed by atoms with Crippen LogP contribution in [0, 0.1) is 0 Å². The Balaban J connectivity index is 1.87. The maximum Gasteiger partial charge on any atom is 0.189 e. The van der Waals surface area contributed by atoms with Crippen molar-refractivity contribution in [2.24, 2.45) is 0 Å². The summed E-state index contributed by atoms with van der Waals surface area (Å²) in [7, 11) is 0. The van der Waals surface area contributed by atoms with E-state index >= 15 is 0 Å². The minimum atomic E-state index is 0.136. The van der Waals surface area contributed by atoms with Gasteiger partial charge in [0, 0.05) is 21.2 Å². The first-order valence-corrected chi connectivity index (χ1v) is 8.73. The topological polar surface area (TPSA) is 17.1 Å². The van der Waals surface area contributed by atoms with Crippen LogP contribution < -0.4 is 0 Å². The number of Topliss-reactive ketones (excluding diaryl/α,β-unsaturated/α-hetero) is 1. The molecule has 0 radical (unpaired) electrons. The van der Waals surface area contributed by atoms with E-state index in [-0.39, 0.29) is 5.78 Å². The van der Waals surface area contributed by atoms with Gasteiger partial charge in [0.1, 0.15) is 0 Å². The second-order valence-electron chi connectivity index (χ2n) is 6.24. The first-order chi connectivity index (χ1) is 11.1. The molecule has 116 valence electrons. The van der Waals surface area contributed by atoms with Gasteiger partial charge in [0.15, 0.2) is 5.78 Å². The van der Waals surface area contributed by atoms with Crippen molar-refractivity contribution in [1.29, 1.82) is 0 Å². The van der Waals surface area contributed by atoms with Crippen molar-refractivity contribution in [2.75, 3.05) is 0 Å². The van der Waals surface area contributed by atoms with E-state index in [9.17, 15) is 4.79 Å². The van der Waals surface area contributed by atoms with Crippen molar-refractivity contribution in [1.82, 2.24) is 0 Å². The van der Waals surface area contributed by atoms with Crippen molar-refractivity contribution in [3.63, 3.8) is 0 Å².